The predicted octanol–water partition coefficient (Wildman–Crippen LogP) is 4.38. The normalized spacial score (nSPS) is 12.0. The topological polar surface area (TPSA) is 43.6 Å². The molecule has 114 valence electrons. The molecule has 1 N–H and O–H groups in total. The molecule has 0 bridgehead atoms. The van der Waals surface area contributed by atoms with E-state index in [4.69, 9.17) is 25.5 Å². The number of furan rings is 1. The second kappa shape index (κ2) is 7.27. The first kappa shape index (κ1) is 15.6. The molecule has 4 nitrogen and oxygen atoms in total. The van der Waals surface area contributed by atoms with Gasteiger partial charge in [-0.05, 0) is 25.5 Å². The Bertz CT molecular complexity index is 569. The van der Waals surface area contributed by atoms with Gasteiger partial charge in [-0.15, -0.1) is 0 Å². The van der Waals surface area contributed by atoms with E-state index >= 15 is 0 Å². The number of aryl methyl sites for hydroxylation is 1. The van der Waals surface area contributed by atoms with Crippen molar-refractivity contribution in [1.82, 2.24) is 0 Å². The third-order valence-electron chi connectivity index (χ3n) is 3.28. The van der Waals surface area contributed by atoms with Crippen LogP contribution in [-0.2, 0) is 6.42 Å². The van der Waals surface area contributed by atoms with Gasteiger partial charge in [0.15, 0.2) is 11.5 Å². The number of methoxy groups -OCH3 is 2. The summed E-state index contributed by atoms with van der Waals surface area (Å²) < 4.78 is 15.9. The average Bonchev–Trinajstić information content (AvgIpc) is 3.00. The third kappa shape index (κ3) is 4.08. The van der Waals surface area contributed by atoms with Crippen LogP contribution in [0.3, 0.4) is 0 Å². The van der Waals surface area contributed by atoms with Crippen molar-refractivity contribution < 1.29 is 13.9 Å². The first-order valence-electron chi connectivity index (χ1n) is 6.84. The molecule has 21 heavy (non-hydrogen) atoms. The van der Waals surface area contributed by atoms with Gasteiger partial charge < -0.3 is 19.2 Å². The summed E-state index contributed by atoms with van der Waals surface area (Å²) >= 11 is 6.26. The van der Waals surface area contributed by atoms with Crippen molar-refractivity contribution in [3.63, 3.8) is 0 Å². The Morgan fingerprint density at radius 3 is 2.57 bits per heavy atom. The molecule has 0 aliphatic carbocycles. The van der Waals surface area contributed by atoms with Gasteiger partial charge in [-0.25, -0.2) is 0 Å². The van der Waals surface area contributed by atoms with Gasteiger partial charge in [-0.3, -0.25) is 0 Å². The van der Waals surface area contributed by atoms with Crippen molar-refractivity contribution in [2.75, 3.05) is 19.5 Å². The number of nitrogens with one attached hydrogen (secondary N) is 1. The van der Waals surface area contributed by atoms with Gasteiger partial charge in [0.2, 0.25) is 0 Å². The van der Waals surface area contributed by atoms with Crippen LogP contribution in [0.2, 0.25) is 5.02 Å². The van der Waals surface area contributed by atoms with Crippen LogP contribution >= 0.6 is 11.6 Å². The maximum absolute atomic E-state index is 6.26. The Labute approximate surface area is 130 Å². The molecule has 0 saturated heterocycles. The van der Waals surface area contributed by atoms with E-state index in [9.17, 15) is 0 Å². The van der Waals surface area contributed by atoms with E-state index in [2.05, 4.69) is 12.2 Å². The van der Waals surface area contributed by atoms with Crippen LogP contribution in [0.25, 0.3) is 0 Å². The SMILES string of the molecule is COc1cc(Cl)c(NC(C)CCc2ccco2)cc1OC. The molecule has 1 aromatic carbocycles. The van der Waals surface area contributed by atoms with E-state index in [1.807, 2.05) is 18.2 Å². The van der Waals surface area contributed by atoms with E-state index in [1.54, 1.807) is 26.5 Å². The molecular formula is C16H20ClNO3. The van der Waals surface area contributed by atoms with Gasteiger partial charge >= 0.3 is 0 Å². The molecule has 1 unspecified atom stereocenters. The molecule has 0 amide bonds. The number of halogens is 1. The molecular weight excluding hydrogens is 290 g/mol. The van der Waals surface area contributed by atoms with E-state index in [0.29, 0.717) is 16.5 Å². The summed E-state index contributed by atoms with van der Waals surface area (Å²) in [5.74, 6) is 2.26. The Hall–Kier alpha value is -1.81. The Balaban J connectivity index is 2.01. The molecule has 1 aromatic heterocycles. The summed E-state index contributed by atoms with van der Waals surface area (Å²) in [5, 5.41) is 4.00. The number of hydrogen-bond donors (Lipinski definition) is 1. The lowest BCUT2D eigenvalue weighted by molar-refractivity contribution is 0.355. The second-order valence-electron chi connectivity index (χ2n) is 4.85. The van der Waals surface area contributed by atoms with Crippen LogP contribution < -0.4 is 14.8 Å². The number of anilines is 1. The number of hydrogen-bond acceptors (Lipinski definition) is 4. The molecule has 2 rings (SSSR count). The molecule has 2 aromatic rings. The maximum Gasteiger partial charge on any atom is 0.162 e. The molecule has 5 heteroatoms. The number of benzene rings is 1. The quantitative estimate of drug-likeness (QED) is 0.824. The van der Waals surface area contributed by atoms with Gasteiger partial charge in [0, 0.05) is 24.6 Å². The Kier molecular flexibility index (Phi) is 5.39. The largest absolute Gasteiger partial charge is 0.493 e. The lowest BCUT2D eigenvalue weighted by atomic mass is 10.1. The van der Waals surface area contributed by atoms with E-state index < -0.39 is 0 Å². The average molecular weight is 310 g/mol. The molecule has 0 saturated carbocycles. The maximum atomic E-state index is 6.26. The van der Waals surface area contributed by atoms with Gasteiger partial charge in [-0.1, -0.05) is 11.6 Å². The van der Waals surface area contributed by atoms with Crippen LogP contribution in [0.5, 0.6) is 11.5 Å². The number of rotatable bonds is 7. The highest BCUT2D eigenvalue weighted by Crippen LogP contribution is 2.36. The van der Waals surface area contributed by atoms with Crippen molar-refractivity contribution in [3.8, 4) is 11.5 Å². The first-order chi connectivity index (χ1) is 10.1. The van der Waals surface area contributed by atoms with Crippen molar-refractivity contribution in [2.24, 2.45) is 0 Å². The summed E-state index contributed by atoms with van der Waals surface area (Å²) in [6.45, 7) is 2.11. The van der Waals surface area contributed by atoms with Crippen LogP contribution in [0.1, 0.15) is 19.1 Å². The highest BCUT2D eigenvalue weighted by molar-refractivity contribution is 6.33. The van der Waals surface area contributed by atoms with Crippen molar-refractivity contribution in [2.45, 2.75) is 25.8 Å². The fourth-order valence-electron chi connectivity index (χ4n) is 2.12. The zero-order valence-corrected chi connectivity index (χ0v) is 13.2. The molecule has 1 heterocycles. The molecule has 0 spiro atoms. The smallest absolute Gasteiger partial charge is 0.162 e. The first-order valence-corrected chi connectivity index (χ1v) is 7.22. The van der Waals surface area contributed by atoms with E-state index in [1.165, 1.54) is 0 Å². The zero-order chi connectivity index (χ0) is 15.2. The standard InChI is InChI=1S/C16H20ClNO3/c1-11(6-7-12-5-4-8-21-12)18-14-10-16(20-3)15(19-2)9-13(14)17/h4-5,8-11,18H,6-7H2,1-3H3. The van der Waals surface area contributed by atoms with E-state index in [0.717, 1.165) is 24.3 Å². The highest BCUT2D eigenvalue weighted by Gasteiger charge is 2.12. The van der Waals surface area contributed by atoms with Crippen molar-refractivity contribution >= 4 is 17.3 Å². The fourth-order valence-corrected chi connectivity index (χ4v) is 2.32. The van der Waals surface area contributed by atoms with Crippen LogP contribution in [0, 0.1) is 0 Å². The van der Waals surface area contributed by atoms with Gasteiger partial charge in [0.1, 0.15) is 5.76 Å². The predicted molar refractivity (Wildman–Crippen MR) is 84.7 cm³/mol. The van der Waals surface area contributed by atoms with Crippen LogP contribution in [-0.4, -0.2) is 20.3 Å². The minimum Gasteiger partial charge on any atom is -0.493 e. The Morgan fingerprint density at radius 1 is 1.24 bits per heavy atom. The number of ether oxygens (including phenoxy) is 2. The molecule has 0 fully saturated rings. The molecule has 0 radical (unpaired) electrons. The summed E-state index contributed by atoms with van der Waals surface area (Å²) in [6.07, 6.45) is 3.52. The Morgan fingerprint density at radius 2 is 1.95 bits per heavy atom. The minimum absolute atomic E-state index is 0.255. The van der Waals surface area contributed by atoms with Gasteiger partial charge in [-0.2, -0.15) is 0 Å². The lowest BCUT2D eigenvalue weighted by Gasteiger charge is -2.18. The monoisotopic (exact) mass is 309 g/mol. The summed E-state index contributed by atoms with van der Waals surface area (Å²) in [4.78, 5) is 0. The lowest BCUT2D eigenvalue weighted by Crippen LogP contribution is -2.16. The van der Waals surface area contributed by atoms with Gasteiger partial charge in [0.05, 0.1) is 31.2 Å². The van der Waals surface area contributed by atoms with Gasteiger partial charge in [0.25, 0.3) is 0 Å². The summed E-state index contributed by atoms with van der Waals surface area (Å²) in [6, 6.07) is 7.74. The van der Waals surface area contributed by atoms with Crippen LogP contribution in [0.4, 0.5) is 5.69 Å². The second-order valence-corrected chi connectivity index (χ2v) is 5.26. The zero-order valence-electron chi connectivity index (χ0n) is 12.5. The molecule has 0 aliphatic heterocycles. The summed E-state index contributed by atoms with van der Waals surface area (Å²) in [7, 11) is 3.20. The third-order valence-corrected chi connectivity index (χ3v) is 3.59. The highest BCUT2D eigenvalue weighted by atomic mass is 35.5. The van der Waals surface area contributed by atoms with Crippen LogP contribution in [0.15, 0.2) is 34.9 Å². The van der Waals surface area contributed by atoms with E-state index in [-0.39, 0.29) is 6.04 Å². The molecule has 1 atom stereocenters. The minimum atomic E-state index is 0.255. The fraction of sp³-hybridized carbons (Fsp3) is 0.375. The van der Waals surface area contributed by atoms with Crippen molar-refractivity contribution in [1.29, 1.82) is 0 Å². The van der Waals surface area contributed by atoms with Crippen molar-refractivity contribution in [3.05, 3.63) is 41.3 Å². The summed E-state index contributed by atoms with van der Waals surface area (Å²) in [5.41, 5.74) is 0.835. The molecule has 0 aliphatic rings.